The molecule has 94 valence electrons. The van der Waals surface area contributed by atoms with Crippen LogP contribution in [0.5, 0.6) is 0 Å². The maximum atomic E-state index is 11.8. The number of thiophene rings is 1. The summed E-state index contributed by atoms with van der Waals surface area (Å²) >= 11 is 1.71. The molecule has 1 fully saturated rings. The van der Waals surface area contributed by atoms with Crippen LogP contribution in [-0.4, -0.2) is 37.0 Å². The van der Waals surface area contributed by atoms with Crippen molar-refractivity contribution in [2.45, 2.75) is 24.9 Å². The smallest absolute Gasteiger partial charge is 0.237 e. The molecular formula is C12H19N3OS. The fraction of sp³-hybridized carbons (Fsp3) is 0.583. The number of nitrogens with two attached hydrogens (primary N) is 1. The van der Waals surface area contributed by atoms with Gasteiger partial charge in [-0.2, -0.15) is 0 Å². The minimum absolute atomic E-state index is 0.0179. The summed E-state index contributed by atoms with van der Waals surface area (Å²) < 4.78 is 0. The van der Waals surface area contributed by atoms with Crippen LogP contribution in [0.1, 0.15) is 23.8 Å². The van der Waals surface area contributed by atoms with E-state index in [1.807, 2.05) is 6.07 Å². The van der Waals surface area contributed by atoms with Gasteiger partial charge in [-0.25, -0.2) is 0 Å². The number of amides is 1. The van der Waals surface area contributed by atoms with Gasteiger partial charge in [0.1, 0.15) is 0 Å². The van der Waals surface area contributed by atoms with Gasteiger partial charge in [0.2, 0.25) is 5.91 Å². The third-order valence-corrected chi connectivity index (χ3v) is 4.31. The molecule has 1 aromatic rings. The first-order valence-electron chi connectivity index (χ1n) is 5.98. The van der Waals surface area contributed by atoms with Gasteiger partial charge in [0.15, 0.2) is 0 Å². The minimum Gasteiger partial charge on any atom is -0.358 e. The first-order chi connectivity index (χ1) is 8.27. The second kappa shape index (κ2) is 5.62. The molecule has 2 unspecified atom stereocenters. The third kappa shape index (κ3) is 2.51. The number of likely N-dealkylation sites (N-methyl/N-ethyl adjacent to an activating group) is 1. The van der Waals surface area contributed by atoms with E-state index < -0.39 is 0 Å². The molecule has 17 heavy (non-hydrogen) atoms. The number of likely N-dealkylation sites (tertiary alicyclic amines) is 1. The molecule has 1 saturated heterocycles. The molecule has 1 amide bonds. The Labute approximate surface area is 106 Å². The van der Waals surface area contributed by atoms with Crippen molar-refractivity contribution in [3.8, 4) is 0 Å². The quantitative estimate of drug-likeness (QED) is 0.840. The predicted molar refractivity (Wildman–Crippen MR) is 69.9 cm³/mol. The lowest BCUT2D eigenvalue weighted by Crippen LogP contribution is -2.45. The molecule has 0 spiro atoms. The van der Waals surface area contributed by atoms with Crippen molar-refractivity contribution in [2.75, 3.05) is 20.1 Å². The largest absolute Gasteiger partial charge is 0.358 e. The first kappa shape index (κ1) is 12.5. The van der Waals surface area contributed by atoms with Crippen molar-refractivity contribution in [1.29, 1.82) is 0 Å². The van der Waals surface area contributed by atoms with E-state index in [9.17, 15) is 4.79 Å². The van der Waals surface area contributed by atoms with Gasteiger partial charge in [0.05, 0.1) is 12.1 Å². The van der Waals surface area contributed by atoms with E-state index in [4.69, 9.17) is 5.73 Å². The summed E-state index contributed by atoms with van der Waals surface area (Å²) in [4.78, 5) is 15.3. The van der Waals surface area contributed by atoms with Crippen LogP contribution < -0.4 is 11.1 Å². The molecular weight excluding hydrogens is 234 g/mol. The fourth-order valence-electron chi connectivity index (χ4n) is 2.51. The Balaban J connectivity index is 2.16. The van der Waals surface area contributed by atoms with Crippen molar-refractivity contribution in [3.05, 3.63) is 22.4 Å². The average molecular weight is 253 g/mol. The van der Waals surface area contributed by atoms with Crippen molar-refractivity contribution in [1.82, 2.24) is 10.2 Å². The predicted octanol–water partition coefficient (Wildman–Crippen LogP) is 0.958. The van der Waals surface area contributed by atoms with E-state index in [0.717, 1.165) is 19.4 Å². The van der Waals surface area contributed by atoms with Gasteiger partial charge in [0, 0.05) is 18.5 Å². The molecule has 1 aliphatic heterocycles. The van der Waals surface area contributed by atoms with Crippen LogP contribution in [0.3, 0.4) is 0 Å². The van der Waals surface area contributed by atoms with Crippen molar-refractivity contribution in [3.63, 3.8) is 0 Å². The Morgan fingerprint density at radius 1 is 1.76 bits per heavy atom. The van der Waals surface area contributed by atoms with Gasteiger partial charge in [-0.3, -0.25) is 9.69 Å². The van der Waals surface area contributed by atoms with Gasteiger partial charge in [-0.05, 0) is 30.8 Å². The summed E-state index contributed by atoms with van der Waals surface area (Å²) in [5.41, 5.74) is 5.88. The highest BCUT2D eigenvalue weighted by Crippen LogP contribution is 2.31. The van der Waals surface area contributed by atoms with E-state index in [1.54, 1.807) is 18.4 Å². The molecule has 2 rings (SSSR count). The zero-order valence-corrected chi connectivity index (χ0v) is 10.9. The van der Waals surface area contributed by atoms with E-state index >= 15 is 0 Å². The lowest BCUT2D eigenvalue weighted by Gasteiger charge is -2.30. The van der Waals surface area contributed by atoms with Crippen LogP contribution in [0, 0.1) is 0 Å². The molecule has 0 aliphatic carbocycles. The number of hydrogen-bond donors (Lipinski definition) is 2. The molecule has 0 radical (unpaired) electrons. The Kier molecular flexibility index (Phi) is 4.15. The Morgan fingerprint density at radius 3 is 3.18 bits per heavy atom. The number of rotatable bonds is 4. The SMILES string of the molecule is CNC(=O)C1CCCN1C(CN)c1cccs1. The number of carbonyl (C=O) groups excluding carboxylic acids is 1. The molecule has 0 bridgehead atoms. The monoisotopic (exact) mass is 253 g/mol. The second-order valence-electron chi connectivity index (χ2n) is 4.28. The van der Waals surface area contributed by atoms with Gasteiger partial charge < -0.3 is 11.1 Å². The van der Waals surface area contributed by atoms with Gasteiger partial charge in [-0.15, -0.1) is 11.3 Å². The van der Waals surface area contributed by atoms with Crippen LogP contribution in [0.25, 0.3) is 0 Å². The van der Waals surface area contributed by atoms with E-state index in [0.29, 0.717) is 6.54 Å². The second-order valence-corrected chi connectivity index (χ2v) is 5.26. The Bertz CT molecular complexity index is 366. The maximum Gasteiger partial charge on any atom is 0.237 e. The summed E-state index contributed by atoms with van der Waals surface area (Å²) in [6.07, 6.45) is 2.00. The number of nitrogens with zero attached hydrogens (tertiary/aromatic N) is 1. The molecule has 5 heteroatoms. The highest BCUT2D eigenvalue weighted by atomic mass is 32.1. The summed E-state index contributed by atoms with van der Waals surface area (Å²) in [5.74, 6) is 0.109. The highest BCUT2D eigenvalue weighted by Gasteiger charge is 2.35. The molecule has 2 atom stereocenters. The zero-order valence-electron chi connectivity index (χ0n) is 10.1. The van der Waals surface area contributed by atoms with Gasteiger partial charge in [-0.1, -0.05) is 6.07 Å². The third-order valence-electron chi connectivity index (χ3n) is 3.34. The molecule has 3 N–H and O–H groups in total. The standard InChI is InChI=1S/C12H19N3OS/c1-14-12(16)9-4-2-6-15(9)10(8-13)11-5-3-7-17-11/h3,5,7,9-10H,2,4,6,8,13H2,1H3,(H,14,16). The molecule has 0 aromatic carbocycles. The van der Waals surface area contributed by atoms with Crippen molar-refractivity contribution in [2.24, 2.45) is 5.73 Å². The molecule has 2 heterocycles. The molecule has 1 aliphatic rings. The maximum absolute atomic E-state index is 11.8. The van der Waals surface area contributed by atoms with Gasteiger partial charge >= 0.3 is 0 Å². The number of nitrogens with one attached hydrogen (secondary N) is 1. The topological polar surface area (TPSA) is 58.4 Å². The lowest BCUT2D eigenvalue weighted by atomic mass is 10.1. The van der Waals surface area contributed by atoms with E-state index in [2.05, 4.69) is 21.7 Å². The minimum atomic E-state index is -0.0179. The molecule has 0 saturated carbocycles. The fourth-order valence-corrected chi connectivity index (χ4v) is 3.37. The summed E-state index contributed by atoms with van der Waals surface area (Å²) in [6, 6.07) is 4.30. The summed E-state index contributed by atoms with van der Waals surface area (Å²) in [7, 11) is 1.70. The van der Waals surface area contributed by atoms with Crippen LogP contribution in [0.2, 0.25) is 0 Å². The average Bonchev–Trinajstić information content (AvgIpc) is 3.00. The Hall–Kier alpha value is -0.910. The van der Waals surface area contributed by atoms with Gasteiger partial charge in [0.25, 0.3) is 0 Å². The van der Waals surface area contributed by atoms with E-state index in [-0.39, 0.29) is 18.0 Å². The number of carbonyl (C=O) groups is 1. The van der Waals surface area contributed by atoms with Crippen LogP contribution in [0.15, 0.2) is 17.5 Å². The van der Waals surface area contributed by atoms with Crippen molar-refractivity contribution < 1.29 is 4.79 Å². The normalized spacial score (nSPS) is 22.6. The lowest BCUT2D eigenvalue weighted by molar-refractivity contribution is -0.125. The Morgan fingerprint density at radius 2 is 2.59 bits per heavy atom. The van der Waals surface area contributed by atoms with Crippen molar-refractivity contribution >= 4 is 17.2 Å². The molecule has 1 aromatic heterocycles. The zero-order chi connectivity index (χ0) is 12.3. The van der Waals surface area contributed by atoms with Crippen LogP contribution in [0.4, 0.5) is 0 Å². The first-order valence-corrected chi connectivity index (χ1v) is 6.86. The van der Waals surface area contributed by atoms with E-state index in [1.165, 1.54) is 4.88 Å². The van der Waals surface area contributed by atoms with Crippen LogP contribution in [-0.2, 0) is 4.79 Å². The van der Waals surface area contributed by atoms with Crippen LogP contribution >= 0.6 is 11.3 Å². The summed E-state index contributed by atoms with van der Waals surface area (Å²) in [5, 5.41) is 4.80. The number of hydrogen-bond acceptors (Lipinski definition) is 4. The summed E-state index contributed by atoms with van der Waals surface area (Å²) in [6.45, 7) is 1.52. The highest BCUT2D eigenvalue weighted by molar-refractivity contribution is 7.10. The molecule has 4 nitrogen and oxygen atoms in total.